The van der Waals surface area contributed by atoms with Crippen LogP contribution in [0.25, 0.3) is 0 Å². The van der Waals surface area contributed by atoms with Gasteiger partial charge in [-0.25, -0.2) is 0 Å². The van der Waals surface area contributed by atoms with Gasteiger partial charge in [-0.2, -0.15) is 0 Å². The van der Waals surface area contributed by atoms with Gasteiger partial charge in [-0.1, -0.05) is 52.4 Å². The summed E-state index contributed by atoms with van der Waals surface area (Å²) in [6.45, 7) is 5.89. The van der Waals surface area contributed by atoms with Crippen LogP contribution in [-0.4, -0.2) is 12.6 Å². The van der Waals surface area contributed by atoms with E-state index in [2.05, 4.69) is 19.2 Å². The number of rotatable bonds is 3. The van der Waals surface area contributed by atoms with Gasteiger partial charge in [-0.15, -0.1) is 0 Å². The molecule has 0 heterocycles. The van der Waals surface area contributed by atoms with Crippen LogP contribution in [0.4, 0.5) is 0 Å². The summed E-state index contributed by atoms with van der Waals surface area (Å²) in [5, 5.41) is 3.70. The minimum Gasteiger partial charge on any atom is -0.314 e. The third-order valence-electron chi connectivity index (χ3n) is 3.68. The lowest BCUT2D eigenvalue weighted by Gasteiger charge is -2.21. The molecule has 1 N–H and O–H groups in total. The van der Waals surface area contributed by atoms with Gasteiger partial charge in [-0.05, 0) is 31.7 Å². The van der Waals surface area contributed by atoms with Crippen molar-refractivity contribution in [3.8, 4) is 0 Å². The second-order valence-corrected chi connectivity index (χ2v) is 5.33. The third-order valence-corrected chi connectivity index (χ3v) is 3.68. The topological polar surface area (TPSA) is 12.0 Å². The normalized spacial score (nSPS) is 30.0. The zero-order valence-electron chi connectivity index (χ0n) is 10.7. The molecule has 0 spiro atoms. The highest BCUT2D eigenvalue weighted by Gasteiger charge is 2.11. The quantitative estimate of drug-likeness (QED) is 0.740. The molecule has 90 valence electrons. The number of hydrogen-bond acceptors (Lipinski definition) is 1. The smallest absolute Gasteiger partial charge is 0.00670 e. The molecular weight excluding hydrogens is 182 g/mol. The van der Waals surface area contributed by atoms with Crippen LogP contribution in [0.3, 0.4) is 0 Å². The van der Waals surface area contributed by atoms with Crippen LogP contribution in [0.5, 0.6) is 0 Å². The molecule has 0 saturated heterocycles. The molecule has 15 heavy (non-hydrogen) atoms. The molecule has 0 aromatic rings. The minimum absolute atomic E-state index is 0.815. The van der Waals surface area contributed by atoms with E-state index in [0.29, 0.717) is 0 Å². The van der Waals surface area contributed by atoms with E-state index in [1.54, 1.807) is 0 Å². The van der Waals surface area contributed by atoms with E-state index in [9.17, 15) is 0 Å². The Morgan fingerprint density at radius 2 is 1.60 bits per heavy atom. The Morgan fingerprint density at radius 1 is 0.933 bits per heavy atom. The second-order valence-electron chi connectivity index (χ2n) is 5.33. The molecule has 1 heteroatoms. The molecule has 2 unspecified atom stereocenters. The van der Waals surface area contributed by atoms with Crippen molar-refractivity contribution >= 4 is 0 Å². The first-order chi connectivity index (χ1) is 7.33. The summed E-state index contributed by atoms with van der Waals surface area (Å²) >= 11 is 0. The highest BCUT2D eigenvalue weighted by atomic mass is 14.9. The van der Waals surface area contributed by atoms with Crippen molar-refractivity contribution in [3.05, 3.63) is 0 Å². The summed E-state index contributed by atoms with van der Waals surface area (Å²) in [5.41, 5.74) is 0. The van der Waals surface area contributed by atoms with Gasteiger partial charge in [-0.3, -0.25) is 0 Å². The lowest BCUT2D eigenvalue weighted by Crippen LogP contribution is -2.30. The predicted molar refractivity (Wildman–Crippen MR) is 68.2 cm³/mol. The molecule has 0 aromatic carbocycles. The van der Waals surface area contributed by atoms with Gasteiger partial charge >= 0.3 is 0 Å². The first-order valence-electron chi connectivity index (χ1n) is 7.06. The van der Waals surface area contributed by atoms with E-state index >= 15 is 0 Å². The standard InChI is InChI=1S/C14H29N/c1-3-12-15-14-10-6-4-5-8-13(2)9-7-11-14/h13-15H,3-12H2,1-2H3. The molecule has 0 bridgehead atoms. The van der Waals surface area contributed by atoms with Crippen molar-refractivity contribution in [2.45, 2.75) is 77.7 Å². The van der Waals surface area contributed by atoms with E-state index in [1.807, 2.05) is 0 Å². The van der Waals surface area contributed by atoms with Crippen molar-refractivity contribution in [2.75, 3.05) is 6.54 Å². The summed E-state index contributed by atoms with van der Waals surface area (Å²) in [4.78, 5) is 0. The number of nitrogens with one attached hydrogen (secondary N) is 1. The van der Waals surface area contributed by atoms with Gasteiger partial charge in [0.1, 0.15) is 0 Å². The van der Waals surface area contributed by atoms with Crippen LogP contribution in [0.1, 0.15) is 71.6 Å². The molecule has 1 fully saturated rings. The van der Waals surface area contributed by atoms with Gasteiger partial charge in [0.2, 0.25) is 0 Å². The summed E-state index contributed by atoms with van der Waals surface area (Å²) in [7, 11) is 0. The van der Waals surface area contributed by atoms with Crippen LogP contribution in [0, 0.1) is 5.92 Å². The van der Waals surface area contributed by atoms with Crippen LogP contribution < -0.4 is 5.32 Å². The molecule has 1 nitrogen and oxygen atoms in total. The first kappa shape index (κ1) is 13.0. The average molecular weight is 211 g/mol. The fraction of sp³-hybridized carbons (Fsp3) is 1.00. The largest absolute Gasteiger partial charge is 0.314 e. The first-order valence-corrected chi connectivity index (χ1v) is 7.06. The maximum atomic E-state index is 3.70. The zero-order valence-corrected chi connectivity index (χ0v) is 10.7. The molecule has 0 aromatic heterocycles. The lowest BCUT2D eigenvalue weighted by molar-refractivity contribution is 0.362. The van der Waals surface area contributed by atoms with E-state index in [1.165, 1.54) is 64.3 Å². The minimum atomic E-state index is 0.815. The van der Waals surface area contributed by atoms with E-state index in [4.69, 9.17) is 0 Å². The van der Waals surface area contributed by atoms with Crippen LogP contribution in [0.2, 0.25) is 0 Å². The Hall–Kier alpha value is -0.0400. The molecule has 1 aliphatic rings. The third kappa shape index (κ3) is 6.19. The summed E-state index contributed by atoms with van der Waals surface area (Å²) in [6.07, 6.45) is 12.8. The van der Waals surface area contributed by atoms with E-state index in [-0.39, 0.29) is 0 Å². The lowest BCUT2D eigenvalue weighted by atomic mass is 9.92. The second kappa shape index (κ2) is 8.15. The Balaban J connectivity index is 2.23. The Labute approximate surface area is 96.0 Å². The molecule has 1 saturated carbocycles. The maximum Gasteiger partial charge on any atom is 0.00670 e. The van der Waals surface area contributed by atoms with Gasteiger partial charge < -0.3 is 5.32 Å². The molecule has 0 aliphatic heterocycles. The molecule has 1 rings (SSSR count). The molecule has 0 amide bonds. The van der Waals surface area contributed by atoms with Crippen molar-refractivity contribution < 1.29 is 0 Å². The van der Waals surface area contributed by atoms with Crippen molar-refractivity contribution in [1.29, 1.82) is 0 Å². The fourth-order valence-corrected chi connectivity index (χ4v) is 2.61. The molecular formula is C14H29N. The molecule has 1 aliphatic carbocycles. The highest BCUT2D eigenvalue weighted by molar-refractivity contribution is 4.69. The Kier molecular flexibility index (Phi) is 7.08. The monoisotopic (exact) mass is 211 g/mol. The van der Waals surface area contributed by atoms with Gasteiger partial charge in [0.05, 0.1) is 0 Å². The van der Waals surface area contributed by atoms with E-state index < -0.39 is 0 Å². The van der Waals surface area contributed by atoms with Crippen LogP contribution >= 0.6 is 0 Å². The summed E-state index contributed by atoms with van der Waals surface area (Å²) < 4.78 is 0. The Morgan fingerprint density at radius 3 is 2.40 bits per heavy atom. The average Bonchev–Trinajstić information content (AvgIpc) is 2.24. The SMILES string of the molecule is CCCNC1CCCCCC(C)CCC1. The van der Waals surface area contributed by atoms with Crippen molar-refractivity contribution in [3.63, 3.8) is 0 Å². The predicted octanol–water partition coefficient (Wildman–Crippen LogP) is 4.13. The molecule has 2 atom stereocenters. The maximum absolute atomic E-state index is 3.70. The van der Waals surface area contributed by atoms with Gasteiger partial charge in [0.15, 0.2) is 0 Å². The van der Waals surface area contributed by atoms with Gasteiger partial charge in [0.25, 0.3) is 0 Å². The molecule has 0 radical (unpaired) electrons. The summed E-state index contributed by atoms with van der Waals surface area (Å²) in [5.74, 6) is 0.968. The van der Waals surface area contributed by atoms with Gasteiger partial charge in [0, 0.05) is 6.04 Å². The van der Waals surface area contributed by atoms with Crippen LogP contribution in [0.15, 0.2) is 0 Å². The van der Waals surface area contributed by atoms with Crippen LogP contribution in [-0.2, 0) is 0 Å². The Bertz CT molecular complexity index is 144. The zero-order chi connectivity index (χ0) is 10.9. The van der Waals surface area contributed by atoms with Crippen molar-refractivity contribution in [2.24, 2.45) is 5.92 Å². The van der Waals surface area contributed by atoms with E-state index in [0.717, 1.165) is 12.0 Å². The number of hydrogen-bond donors (Lipinski definition) is 1. The fourth-order valence-electron chi connectivity index (χ4n) is 2.61. The van der Waals surface area contributed by atoms with Crippen molar-refractivity contribution in [1.82, 2.24) is 5.32 Å². The highest BCUT2D eigenvalue weighted by Crippen LogP contribution is 2.21. The summed E-state index contributed by atoms with van der Waals surface area (Å²) in [6, 6.07) is 0.815.